The van der Waals surface area contributed by atoms with Crippen LogP contribution in [-0.2, 0) is 12.7 Å². The van der Waals surface area contributed by atoms with E-state index in [1.54, 1.807) is 10.9 Å². The number of anilines is 2. The van der Waals surface area contributed by atoms with Crippen LogP contribution in [0.15, 0.2) is 60.9 Å². The number of fused-ring (bicyclic) bond motifs is 1. The van der Waals surface area contributed by atoms with Crippen LogP contribution in [-0.4, -0.2) is 28.5 Å². The summed E-state index contributed by atoms with van der Waals surface area (Å²) in [5, 5.41) is 9.23. The summed E-state index contributed by atoms with van der Waals surface area (Å²) in [7, 11) is 0. The molecule has 30 heavy (non-hydrogen) atoms. The summed E-state index contributed by atoms with van der Waals surface area (Å²) < 4.78 is 50.9. The molecule has 4 rings (SSSR count). The first-order chi connectivity index (χ1) is 14.4. The van der Waals surface area contributed by atoms with Crippen LogP contribution in [0.1, 0.15) is 5.56 Å². The number of urea groups is 1. The molecule has 0 saturated heterocycles. The van der Waals surface area contributed by atoms with Crippen molar-refractivity contribution >= 4 is 17.4 Å². The minimum absolute atomic E-state index is 0.235. The first kappa shape index (κ1) is 19.6. The van der Waals surface area contributed by atoms with E-state index in [4.69, 9.17) is 9.47 Å². The van der Waals surface area contributed by atoms with Crippen LogP contribution in [0.5, 0.6) is 11.5 Å². The zero-order valence-electron chi connectivity index (χ0n) is 15.5. The topological polar surface area (TPSA) is 77.4 Å². The predicted octanol–water partition coefficient (Wildman–Crippen LogP) is 4.39. The lowest BCUT2D eigenvalue weighted by atomic mass is 10.2. The SMILES string of the molecule is O=C(Nc1ccc(C(F)(F)F)cc1)Nc1cnn(CC2COc3ccccc3O2)c1. The number of aromatic nitrogens is 2. The van der Waals surface area contributed by atoms with Crippen LogP contribution in [0.4, 0.5) is 29.3 Å². The first-order valence-electron chi connectivity index (χ1n) is 9.03. The van der Waals surface area contributed by atoms with E-state index in [9.17, 15) is 18.0 Å². The molecule has 1 aliphatic heterocycles. The van der Waals surface area contributed by atoms with Crippen molar-refractivity contribution in [3.05, 3.63) is 66.5 Å². The monoisotopic (exact) mass is 418 g/mol. The van der Waals surface area contributed by atoms with E-state index >= 15 is 0 Å². The maximum atomic E-state index is 12.6. The van der Waals surface area contributed by atoms with Crippen molar-refractivity contribution in [2.24, 2.45) is 0 Å². The lowest BCUT2D eigenvalue weighted by molar-refractivity contribution is -0.137. The second kappa shape index (κ2) is 7.97. The number of halogens is 3. The van der Waals surface area contributed by atoms with Gasteiger partial charge in [0.25, 0.3) is 0 Å². The van der Waals surface area contributed by atoms with E-state index in [0.717, 1.165) is 12.1 Å². The van der Waals surface area contributed by atoms with E-state index in [1.807, 2.05) is 24.3 Å². The van der Waals surface area contributed by atoms with E-state index in [-0.39, 0.29) is 11.8 Å². The van der Waals surface area contributed by atoms with Gasteiger partial charge in [-0.15, -0.1) is 0 Å². The Balaban J connectivity index is 1.31. The van der Waals surface area contributed by atoms with Crippen molar-refractivity contribution < 1.29 is 27.4 Å². The highest BCUT2D eigenvalue weighted by atomic mass is 19.4. The molecule has 7 nitrogen and oxygen atoms in total. The average Bonchev–Trinajstić information content (AvgIpc) is 3.14. The van der Waals surface area contributed by atoms with Gasteiger partial charge in [0, 0.05) is 11.9 Å². The van der Waals surface area contributed by atoms with Gasteiger partial charge in [-0.2, -0.15) is 18.3 Å². The quantitative estimate of drug-likeness (QED) is 0.659. The zero-order chi connectivity index (χ0) is 21.1. The van der Waals surface area contributed by atoms with Gasteiger partial charge in [-0.05, 0) is 36.4 Å². The van der Waals surface area contributed by atoms with E-state index in [1.165, 1.54) is 18.3 Å². The normalized spacial score (nSPS) is 15.5. The molecule has 2 N–H and O–H groups in total. The highest BCUT2D eigenvalue weighted by Crippen LogP contribution is 2.31. The maximum absolute atomic E-state index is 12.6. The summed E-state index contributed by atoms with van der Waals surface area (Å²) in [6.45, 7) is 0.782. The smallest absolute Gasteiger partial charge is 0.416 e. The number of carbonyl (C=O) groups is 1. The Morgan fingerprint density at radius 2 is 1.77 bits per heavy atom. The molecule has 1 atom stereocenters. The minimum Gasteiger partial charge on any atom is -0.486 e. The molecule has 0 spiro atoms. The summed E-state index contributed by atoms with van der Waals surface area (Å²) in [4.78, 5) is 12.1. The summed E-state index contributed by atoms with van der Waals surface area (Å²) >= 11 is 0. The molecule has 2 heterocycles. The van der Waals surface area contributed by atoms with Crippen molar-refractivity contribution in [2.75, 3.05) is 17.2 Å². The minimum atomic E-state index is -4.43. The lowest BCUT2D eigenvalue weighted by Gasteiger charge is -2.26. The fourth-order valence-corrected chi connectivity index (χ4v) is 2.93. The number of ether oxygens (including phenoxy) is 2. The Morgan fingerprint density at radius 1 is 1.07 bits per heavy atom. The molecule has 1 aliphatic rings. The standard InChI is InChI=1S/C20H17F3N4O3/c21-20(22,23)13-5-7-14(8-6-13)25-19(28)26-15-9-24-27(10-15)11-16-12-29-17-3-1-2-4-18(17)30-16/h1-10,16H,11-12H2,(H2,25,26,28). The van der Waals surface area contributed by atoms with Crippen LogP contribution >= 0.6 is 0 Å². The van der Waals surface area contributed by atoms with Crippen molar-refractivity contribution in [3.63, 3.8) is 0 Å². The summed E-state index contributed by atoms with van der Waals surface area (Å²) in [5.74, 6) is 1.35. The van der Waals surface area contributed by atoms with Gasteiger partial charge in [0.2, 0.25) is 0 Å². The fraction of sp³-hybridized carbons (Fsp3) is 0.200. The van der Waals surface area contributed by atoms with Crippen molar-refractivity contribution in [3.8, 4) is 11.5 Å². The van der Waals surface area contributed by atoms with E-state index < -0.39 is 17.8 Å². The van der Waals surface area contributed by atoms with Crippen LogP contribution in [0.2, 0.25) is 0 Å². The zero-order valence-corrected chi connectivity index (χ0v) is 15.5. The molecular weight excluding hydrogens is 401 g/mol. The highest BCUT2D eigenvalue weighted by Gasteiger charge is 2.30. The molecule has 2 amide bonds. The fourth-order valence-electron chi connectivity index (χ4n) is 2.93. The number of para-hydroxylation sites is 2. The summed E-state index contributed by atoms with van der Waals surface area (Å²) in [6, 6.07) is 10.9. The summed E-state index contributed by atoms with van der Waals surface area (Å²) in [6.07, 6.45) is -1.58. The van der Waals surface area contributed by atoms with Crippen LogP contribution in [0.3, 0.4) is 0 Å². The number of benzene rings is 2. The molecule has 0 radical (unpaired) electrons. The van der Waals surface area contributed by atoms with Crippen molar-refractivity contribution in [1.29, 1.82) is 0 Å². The van der Waals surface area contributed by atoms with Crippen LogP contribution < -0.4 is 20.1 Å². The predicted molar refractivity (Wildman–Crippen MR) is 103 cm³/mol. The molecular formula is C20H17F3N4O3. The largest absolute Gasteiger partial charge is 0.486 e. The summed E-state index contributed by atoms with van der Waals surface area (Å²) in [5.41, 5.74) is -0.123. The molecule has 1 unspecified atom stereocenters. The Morgan fingerprint density at radius 3 is 2.50 bits per heavy atom. The third kappa shape index (κ3) is 4.65. The van der Waals surface area contributed by atoms with Gasteiger partial charge in [-0.1, -0.05) is 12.1 Å². The number of carbonyl (C=O) groups excluding carboxylic acids is 1. The number of nitrogens with zero attached hydrogens (tertiary/aromatic N) is 2. The van der Waals surface area contributed by atoms with Crippen LogP contribution in [0.25, 0.3) is 0 Å². The Labute approximate surface area is 169 Å². The third-order valence-electron chi connectivity index (χ3n) is 4.32. The van der Waals surface area contributed by atoms with Gasteiger partial charge in [-0.25, -0.2) is 4.79 Å². The van der Waals surface area contributed by atoms with Crippen molar-refractivity contribution in [2.45, 2.75) is 18.8 Å². The molecule has 10 heteroatoms. The number of nitrogens with one attached hydrogen (secondary N) is 2. The van der Waals surface area contributed by atoms with Crippen LogP contribution in [0, 0.1) is 0 Å². The van der Waals surface area contributed by atoms with Gasteiger partial charge in [0.1, 0.15) is 6.61 Å². The molecule has 1 aromatic heterocycles. The highest BCUT2D eigenvalue weighted by molar-refractivity contribution is 5.99. The number of rotatable bonds is 4. The maximum Gasteiger partial charge on any atom is 0.416 e. The number of alkyl halides is 3. The van der Waals surface area contributed by atoms with Gasteiger partial charge >= 0.3 is 12.2 Å². The first-order valence-corrected chi connectivity index (χ1v) is 9.03. The molecule has 156 valence electrons. The molecule has 0 fully saturated rings. The molecule has 3 aromatic rings. The number of amides is 2. The Bertz CT molecular complexity index is 1030. The molecule has 0 saturated carbocycles. The Hall–Kier alpha value is -3.69. The number of hydrogen-bond acceptors (Lipinski definition) is 4. The second-order valence-electron chi connectivity index (χ2n) is 6.60. The molecule has 2 aromatic carbocycles. The van der Waals surface area contributed by atoms with E-state index in [2.05, 4.69) is 15.7 Å². The van der Waals surface area contributed by atoms with Gasteiger partial charge in [0.15, 0.2) is 17.6 Å². The van der Waals surface area contributed by atoms with Crippen molar-refractivity contribution in [1.82, 2.24) is 9.78 Å². The Kier molecular flexibility index (Phi) is 5.21. The lowest BCUT2D eigenvalue weighted by Crippen LogP contribution is -2.33. The van der Waals surface area contributed by atoms with Gasteiger partial charge in [-0.3, -0.25) is 4.68 Å². The van der Waals surface area contributed by atoms with Gasteiger partial charge < -0.3 is 20.1 Å². The third-order valence-corrected chi connectivity index (χ3v) is 4.32. The number of hydrogen-bond donors (Lipinski definition) is 2. The average molecular weight is 418 g/mol. The molecule has 0 aliphatic carbocycles. The molecule has 0 bridgehead atoms. The second-order valence-corrected chi connectivity index (χ2v) is 6.60. The van der Waals surface area contributed by atoms with Gasteiger partial charge in [0.05, 0.1) is 24.0 Å². The van der Waals surface area contributed by atoms with E-state index in [0.29, 0.717) is 30.3 Å².